The van der Waals surface area contributed by atoms with E-state index in [2.05, 4.69) is 15.6 Å². The Morgan fingerprint density at radius 3 is 2.50 bits per heavy atom. The molecule has 0 saturated heterocycles. The molecule has 4 N–H and O–H groups in total. The molecule has 0 atom stereocenters. The molecule has 1 amide bonds. The molecule has 1 aromatic heterocycles. The largest absolute Gasteiger partial charge is 0.383 e. The number of aliphatic imine (C=N–C) groups is 1. The van der Waals surface area contributed by atoms with Crippen LogP contribution in [0.2, 0.25) is 0 Å². The average molecular weight is 334 g/mol. The maximum atomic E-state index is 12.5. The standard InChI is InChI=1S/C18H14N4OS/c19-17(16-6-3-9-24-16)20-11-7-8-13-12(10-11)18(23)22-15-5-2-1-4-14(15)21-13/h1-10,21H,(H2,19,20)(H,22,23). The van der Waals surface area contributed by atoms with Gasteiger partial charge in [-0.15, -0.1) is 11.3 Å². The van der Waals surface area contributed by atoms with Crippen molar-refractivity contribution < 1.29 is 4.79 Å². The molecule has 0 aliphatic carbocycles. The molecule has 1 aliphatic rings. The molecule has 0 unspecified atom stereocenters. The molecule has 0 radical (unpaired) electrons. The van der Waals surface area contributed by atoms with Gasteiger partial charge in [0.1, 0.15) is 5.84 Å². The first-order valence-corrected chi connectivity index (χ1v) is 8.28. The van der Waals surface area contributed by atoms with Crippen LogP contribution in [0.4, 0.5) is 22.7 Å². The predicted octanol–water partition coefficient (Wildman–Crippen LogP) is 4.09. The molecule has 5 nitrogen and oxygen atoms in total. The van der Waals surface area contributed by atoms with Crippen LogP contribution in [0, 0.1) is 0 Å². The number of nitrogens with two attached hydrogens (primary N) is 1. The van der Waals surface area contributed by atoms with Gasteiger partial charge in [0.15, 0.2) is 0 Å². The van der Waals surface area contributed by atoms with Gasteiger partial charge in [0.25, 0.3) is 5.91 Å². The smallest absolute Gasteiger partial charge is 0.257 e. The van der Waals surface area contributed by atoms with E-state index < -0.39 is 0 Å². The first-order valence-electron chi connectivity index (χ1n) is 7.40. The van der Waals surface area contributed by atoms with E-state index in [-0.39, 0.29) is 5.91 Å². The highest BCUT2D eigenvalue weighted by atomic mass is 32.1. The molecular formula is C18H14N4OS. The minimum atomic E-state index is -0.172. The van der Waals surface area contributed by atoms with Crippen LogP contribution in [0.15, 0.2) is 65.0 Å². The second kappa shape index (κ2) is 5.82. The van der Waals surface area contributed by atoms with E-state index in [0.29, 0.717) is 17.1 Å². The first-order chi connectivity index (χ1) is 11.7. The molecule has 24 heavy (non-hydrogen) atoms. The van der Waals surface area contributed by atoms with Crippen molar-refractivity contribution in [1.82, 2.24) is 0 Å². The van der Waals surface area contributed by atoms with Gasteiger partial charge in [0.05, 0.1) is 33.2 Å². The Balaban J connectivity index is 1.73. The van der Waals surface area contributed by atoms with Gasteiger partial charge in [-0.25, -0.2) is 4.99 Å². The van der Waals surface area contributed by atoms with Crippen LogP contribution in [0.1, 0.15) is 15.2 Å². The summed E-state index contributed by atoms with van der Waals surface area (Å²) in [5.74, 6) is 0.268. The molecule has 1 aliphatic heterocycles. The molecule has 118 valence electrons. The third-order valence-corrected chi connectivity index (χ3v) is 4.61. The predicted molar refractivity (Wildman–Crippen MR) is 98.8 cm³/mol. The summed E-state index contributed by atoms with van der Waals surface area (Å²) in [7, 11) is 0. The number of benzene rings is 2. The Hall–Kier alpha value is -3.12. The van der Waals surface area contributed by atoms with Crippen LogP contribution in [0.3, 0.4) is 0 Å². The Kier molecular flexibility index (Phi) is 3.51. The molecule has 0 saturated carbocycles. The zero-order valence-electron chi connectivity index (χ0n) is 12.6. The highest BCUT2D eigenvalue weighted by Crippen LogP contribution is 2.33. The molecule has 3 aromatic rings. The lowest BCUT2D eigenvalue weighted by atomic mass is 10.1. The highest BCUT2D eigenvalue weighted by molar-refractivity contribution is 7.12. The number of hydrogen-bond donors (Lipinski definition) is 3. The Labute approximate surface area is 142 Å². The van der Waals surface area contributed by atoms with Crippen molar-refractivity contribution in [3.8, 4) is 0 Å². The number of rotatable bonds is 2. The van der Waals surface area contributed by atoms with Crippen LogP contribution in [0.5, 0.6) is 0 Å². The summed E-state index contributed by atoms with van der Waals surface area (Å²) in [6.07, 6.45) is 0. The maximum Gasteiger partial charge on any atom is 0.257 e. The van der Waals surface area contributed by atoms with Crippen LogP contribution in [-0.4, -0.2) is 11.7 Å². The van der Waals surface area contributed by atoms with E-state index in [9.17, 15) is 4.79 Å². The second-order valence-electron chi connectivity index (χ2n) is 5.33. The van der Waals surface area contributed by atoms with Crippen molar-refractivity contribution in [2.75, 3.05) is 10.6 Å². The number of para-hydroxylation sites is 2. The Morgan fingerprint density at radius 1 is 0.958 bits per heavy atom. The van der Waals surface area contributed by atoms with Gasteiger partial charge < -0.3 is 16.4 Å². The third-order valence-electron chi connectivity index (χ3n) is 3.72. The minimum Gasteiger partial charge on any atom is -0.383 e. The number of nitrogens with one attached hydrogen (secondary N) is 2. The number of amides is 1. The molecule has 0 bridgehead atoms. The van der Waals surface area contributed by atoms with Crippen molar-refractivity contribution in [2.24, 2.45) is 10.7 Å². The van der Waals surface area contributed by atoms with Gasteiger partial charge in [-0.2, -0.15) is 0 Å². The van der Waals surface area contributed by atoms with Crippen molar-refractivity contribution in [3.05, 3.63) is 70.4 Å². The second-order valence-corrected chi connectivity index (χ2v) is 6.28. The zero-order chi connectivity index (χ0) is 16.5. The maximum absolute atomic E-state index is 12.5. The lowest BCUT2D eigenvalue weighted by Gasteiger charge is -2.08. The van der Waals surface area contributed by atoms with Gasteiger partial charge in [-0.3, -0.25) is 4.79 Å². The van der Waals surface area contributed by atoms with Crippen molar-refractivity contribution in [3.63, 3.8) is 0 Å². The summed E-state index contributed by atoms with van der Waals surface area (Å²) >= 11 is 1.53. The van der Waals surface area contributed by atoms with Crippen LogP contribution >= 0.6 is 11.3 Å². The number of anilines is 3. The number of fused-ring (bicyclic) bond motifs is 2. The fourth-order valence-electron chi connectivity index (χ4n) is 2.55. The fourth-order valence-corrected chi connectivity index (χ4v) is 3.18. The molecule has 2 aromatic carbocycles. The summed E-state index contributed by atoms with van der Waals surface area (Å²) in [5.41, 5.74) is 9.55. The van der Waals surface area contributed by atoms with Gasteiger partial charge in [-0.05, 0) is 41.8 Å². The number of hydrogen-bond acceptors (Lipinski definition) is 4. The Morgan fingerprint density at radius 2 is 1.75 bits per heavy atom. The lowest BCUT2D eigenvalue weighted by molar-refractivity contribution is 0.102. The Bertz CT molecular complexity index is 947. The van der Waals surface area contributed by atoms with E-state index in [0.717, 1.165) is 21.9 Å². The number of amidine groups is 1. The normalized spacial score (nSPS) is 13.3. The summed E-state index contributed by atoms with van der Waals surface area (Å²) in [5, 5.41) is 8.14. The van der Waals surface area contributed by atoms with Crippen molar-refractivity contribution in [2.45, 2.75) is 0 Å². The van der Waals surface area contributed by atoms with E-state index in [4.69, 9.17) is 5.73 Å². The number of thiophene rings is 1. The van der Waals surface area contributed by atoms with Gasteiger partial charge in [0, 0.05) is 0 Å². The van der Waals surface area contributed by atoms with Gasteiger partial charge in [0.2, 0.25) is 0 Å². The number of nitrogens with zero attached hydrogens (tertiary/aromatic N) is 1. The summed E-state index contributed by atoms with van der Waals surface area (Å²) in [6, 6.07) is 16.9. The molecule has 0 spiro atoms. The molecule has 4 rings (SSSR count). The third kappa shape index (κ3) is 2.63. The van der Waals surface area contributed by atoms with Gasteiger partial charge >= 0.3 is 0 Å². The fraction of sp³-hybridized carbons (Fsp3) is 0. The molecule has 2 heterocycles. The average Bonchev–Trinajstić information content (AvgIpc) is 3.08. The summed E-state index contributed by atoms with van der Waals surface area (Å²) < 4.78 is 0. The SMILES string of the molecule is NC(=Nc1ccc2c(c1)C(=O)Nc1ccccc1N2)c1cccs1. The summed E-state index contributed by atoms with van der Waals surface area (Å²) in [6.45, 7) is 0. The lowest BCUT2D eigenvalue weighted by Crippen LogP contribution is -2.12. The summed E-state index contributed by atoms with van der Waals surface area (Å²) in [4.78, 5) is 17.8. The van der Waals surface area contributed by atoms with E-state index in [1.54, 1.807) is 6.07 Å². The van der Waals surface area contributed by atoms with Crippen LogP contribution in [-0.2, 0) is 0 Å². The van der Waals surface area contributed by atoms with Crippen LogP contribution in [0.25, 0.3) is 0 Å². The number of carbonyl (C=O) groups excluding carboxylic acids is 1. The van der Waals surface area contributed by atoms with Gasteiger partial charge in [-0.1, -0.05) is 18.2 Å². The minimum absolute atomic E-state index is 0.172. The number of carbonyl (C=O) groups is 1. The topological polar surface area (TPSA) is 79.5 Å². The zero-order valence-corrected chi connectivity index (χ0v) is 13.4. The monoisotopic (exact) mass is 334 g/mol. The van der Waals surface area contributed by atoms with Crippen LogP contribution < -0.4 is 16.4 Å². The van der Waals surface area contributed by atoms with E-state index in [1.807, 2.05) is 53.9 Å². The van der Waals surface area contributed by atoms with Crippen molar-refractivity contribution >= 4 is 45.8 Å². The van der Waals surface area contributed by atoms with Crippen molar-refractivity contribution in [1.29, 1.82) is 0 Å². The van der Waals surface area contributed by atoms with E-state index >= 15 is 0 Å². The first kappa shape index (κ1) is 14.5. The molecule has 0 fully saturated rings. The molecular weight excluding hydrogens is 320 g/mol. The van der Waals surface area contributed by atoms with E-state index in [1.165, 1.54) is 11.3 Å². The quantitative estimate of drug-likeness (QED) is 0.488. The highest BCUT2D eigenvalue weighted by Gasteiger charge is 2.19. The molecule has 6 heteroatoms.